The predicted octanol–water partition coefficient (Wildman–Crippen LogP) is 2.59. The average Bonchev–Trinajstić information content (AvgIpc) is 2.97. The van der Waals surface area contributed by atoms with Crippen LogP contribution in [0.3, 0.4) is 0 Å². The van der Waals surface area contributed by atoms with Crippen LogP contribution in [0.4, 0.5) is 0 Å². The van der Waals surface area contributed by atoms with Gasteiger partial charge in [0.05, 0.1) is 6.54 Å². The lowest BCUT2D eigenvalue weighted by Crippen LogP contribution is -2.38. The van der Waals surface area contributed by atoms with Crippen LogP contribution in [0.1, 0.15) is 18.1 Å². The van der Waals surface area contributed by atoms with Gasteiger partial charge in [-0.25, -0.2) is 0 Å². The number of carbonyl (C=O) groups is 1. The highest BCUT2D eigenvalue weighted by Gasteiger charge is 2.06. The van der Waals surface area contributed by atoms with Crippen molar-refractivity contribution in [2.75, 3.05) is 6.54 Å². The van der Waals surface area contributed by atoms with Crippen molar-refractivity contribution in [1.82, 2.24) is 10.6 Å². The molecular formula is C16H20N2OS. The van der Waals surface area contributed by atoms with Gasteiger partial charge in [-0.2, -0.15) is 11.3 Å². The van der Waals surface area contributed by atoms with Crippen LogP contribution in [0.5, 0.6) is 0 Å². The Hall–Kier alpha value is -1.65. The van der Waals surface area contributed by atoms with E-state index in [1.165, 1.54) is 5.56 Å². The second-order valence-electron chi connectivity index (χ2n) is 4.88. The molecule has 0 bridgehead atoms. The number of hydrogen-bond acceptors (Lipinski definition) is 3. The summed E-state index contributed by atoms with van der Waals surface area (Å²) in [6, 6.07) is 12.4. The van der Waals surface area contributed by atoms with Crippen molar-refractivity contribution in [2.24, 2.45) is 0 Å². The predicted molar refractivity (Wildman–Crippen MR) is 83.8 cm³/mol. The first-order valence-corrected chi connectivity index (χ1v) is 7.73. The first-order valence-electron chi connectivity index (χ1n) is 6.79. The molecule has 0 spiro atoms. The molecule has 2 aromatic rings. The highest BCUT2D eigenvalue weighted by molar-refractivity contribution is 7.07. The van der Waals surface area contributed by atoms with Crippen molar-refractivity contribution >= 4 is 17.2 Å². The maximum absolute atomic E-state index is 11.8. The Morgan fingerprint density at radius 1 is 1.20 bits per heavy atom. The molecule has 0 saturated heterocycles. The molecule has 0 saturated carbocycles. The lowest BCUT2D eigenvalue weighted by molar-refractivity contribution is -0.120. The molecule has 0 radical (unpaired) electrons. The third-order valence-electron chi connectivity index (χ3n) is 3.07. The van der Waals surface area contributed by atoms with Gasteiger partial charge in [0.25, 0.3) is 0 Å². The van der Waals surface area contributed by atoms with Crippen LogP contribution in [-0.4, -0.2) is 18.5 Å². The molecule has 0 aliphatic heterocycles. The van der Waals surface area contributed by atoms with Gasteiger partial charge in [0, 0.05) is 12.6 Å². The van der Waals surface area contributed by atoms with Gasteiger partial charge in [-0.15, -0.1) is 0 Å². The van der Waals surface area contributed by atoms with Gasteiger partial charge < -0.3 is 10.6 Å². The standard InChI is InChI=1S/C16H20N2OS/c1-13(9-15-7-8-20-12-15)17-11-16(19)18-10-14-5-3-2-4-6-14/h2-8,12-13,17H,9-11H2,1H3,(H,18,19). The summed E-state index contributed by atoms with van der Waals surface area (Å²) in [5, 5.41) is 10.4. The van der Waals surface area contributed by atoms with Crippen LogP contribution in [-0.2, 0) is 17.8 Å². The molecule has 1 aromatic carbocycles. The van der Waals surface area contributed by atoms with Gasteiger partial charge in [-0.05, 0) is 41.3 Å². The van der Waals surface area contributed by atoms with E-state index in [1.54, 1.807) is 11.3 Å². The first-order chi connectivity index (χ1) is 9.74. The highest BCUT2D eigenvalue weighted by atomic mass is 32.1. The van der Waals surface area contributed by atoms with E-state index >= 15 is 0 Å². The van der Waals surface area contributed by atoms with Crippen LogP contribution in [0.25, 0.3) is 0 Å². The number of benzene rings is 1. The summed E-state index contributed by atoms with van der Waals surface area (Å²) in [6.07, 6.45) is 0.954. The number of carbonyl (C=O) groups excluding carboxylic acids is 1. The third kappa shape index (κ3) is 5.15. The molecule has 1 aromatic heterocycles. The molecule has 0 fully saturated rings. The summed E-state index contributed by atoms with van der Waals surface area (Å²) in [5.41, 5.74) is 2.44. The molecule has 20 heavy (non-hydrogen) atoms. The maximum atomic E-state index is 11.8. The van der Waals surface area contributed by atoms with Crippen molar-refractivity contribution < 1.29 is 4.79 Å². The van der Waals surface area contributed by atoms with E-state index in [9.17, 15) is 4.79 Å². The van der Waals surface area contributed by atoms with Crippen molar-refractivity contribution in [2.45, 2.75) is 25.9 Å². The maximum Gasteiger partial charge on any atom is 0.234 e. The molecular weight excluding hydrogens is 268 g/mol. The molecule has 2 N–H and O–H groups in total. The summed E-state index contributed by atoms with van der Waals surface area (Å²) in [4.78, 5) is 11.8. The van der Waals surface area contributed by atoms with Crippen molar-refractivity contribution in [3.05, 3.63) is 58.3 Å². The van der Waals surface area contributed by atoms with Crippen molar-refractivity contribution in [1.29, 1.82) is 0 Å². The molecule has 1 amide bonds. The van der Waals surface area contributed by atoms with Crippen LogP contribution in [0.2, 0.25) is 0 Å². The fourth-order valence-corrected chi connectivity index (χ4v) is 2.64. The Kier molecular flexibility index (Phi) is 5.77. The van der Waals surface area contributed by atoms with Gasteiger partial charge in [-0.3, -0.25) is 4.79 Å². The Labute approximate surface area is 124 Å². The zero-order valence-electron chi connectivity index (χ0n) is 11.6. The van der Waals surface area contributed by atoms with Crippen molar-refractivity contribution in [3.63, 3.8) is 0 Å². The van der Waals surface area contributed by atoms with Gasteiger partial charge in [0.2, 0.25) is 5.91 Å². The molecule has 1 unspecified atom stereocenters. The molecule has 0 aliphatic rings. The Morgan fingerprint density at radius 2 is 2.00 bits per heavy atom. The van der Waals surface area contributed by atoms with E-state index in [4.69, 9.17) is 0 Å². The number of amides is 1. The van der Waals surface area contributed by atoms with Crippen LogP contribution in [0, 0.1) is 0 Å². The molecule has 2 rings (SSSR count). The first kappa shape index (κ1) is 14.8. The smallest absolute Gasteiger partial charge is 0.234 e. The number of thiophene rings is 1. The van der Waals surface area contributed by atoms with E-state index in [1.807, 2.05) is 30.3 Å². The Bertz CT molecular complexity index is 511. The van der Waals surface area contributed by atoms with E-state index in [0.29, 0.717) is 19.1 Å². The lowest BCUT2D eigenvalue weighted by atomic mass is 10.1. The fourth-order valence-electron chi connectivity index (χ4n) is 1.96. The number of rotatable bonds is 7. The molecule has 1 heterocycles. The second-order valence-corrected chi connectivity index (χ2v) is 5.66. The highest BCUT2D eigenvalue weighted by Crippen LogP contribution is 2.08. The van der Waals surface area contributed by atoms with Crippen LogP contribution < -0.4 is 10.6 Å². The SMILES string of the molecule is CC(Cc1ccsc1)NCC(=O)NCc1ccccc1. The fraction of sp³-hybridized carbons (Fsp3) is 0.312. The Morgan fingerprint density at radius 3 is 2.70 bits per heavy atom. The molecule has 106 valence electrons. The number of hydrogen-bond donors (Lipinski definition) is 2. The molecule has 3 nitrogen and oxygen atoms in total. The van der Waals surface area contributed by atoms with Crippen LogP contribution >= 0.6 is 11.3 Å². The minimum absolute atomic E-state index is 0.0334. The summed E-state index contributed by atoms with van der Waals surface area (Å²) in [7, 11) is 0. The van der Waals surface area contributed by atoms with Gasteiger partial charge in [0.15, 0.2) is 0 Å². The van der Waals surface area contributed by atoms with Gasteiger partial charge in [0.1, 0.15) is 0 Å². The number of nitrogens with one attached hydrogen (secondary N) is 2. The van der Waals surface area contributed by atoms with E-state index < -0.39 is 0 Å². The third-order valence-corrected chi connectivity index (χ3v) is 3.80. The minimum Gasteiger partial charge on any atom is -0.351 e. The quantitative estimate of drug-likeness (QED) is 0.822. The lowest BCUT2D eigenvalue weighted by Gasteiger charge is -2.13. The minimum atomic E-state index is 0.0334. The largest absolute Gasteiger partial charge is 0.351 e. The van der Waals surface area contributed by atoms with Gasteiger partial charge in [-0.1, -0.05) is 30.3 Å². The second kappa shape index (κ2) is 7.82. The topological polar surface area (TPSA) is 41.1 Å². The zero-order valence-corrected chi connectivity index (χ0v) is 12.5. The Balaban J connectivity index is 1.64. The van der Waals surface area contributed by atoms with E-state index in [0.717, 1.165) is 12.0 Å². The summed E-state index contributed by atoms with van der Waals surface area (Å²) >= 11 is 1.70. The van der Waals surface area contributed by atoms with Crippen LogP contribution in [0.15, 0.2) is 47.2 Å². The molecule has 0 aliphatic carbocycles. The molecule has 1 atom stereocenters. The normalized spacial score (nSPS) is 12.1. The zero-order chi connectivity index (χ0) is 14.2. The van der Waals surface area contributed by atoms with Gasteiger partial charge >= 0.3 is 0 Å². The summed E-state index contributed by atoms with van der Waals surface area (Å²) < 4.78 is 0. The monoisotopic (exact) mass is 288 g/mol. The van der Waals surface area contributed by atoms with E-state index in [-0.39, 0.29) is 5.91 Å². The average molecular weight is 288 g/mol. The van der Waals surface area contributed by atoms with E-state index in [2.05, 4.69) is 34.4 Å². The summed E-state index contributed by atoms with van der Waals surface area (Å²) in [6.45, 7) is 3.04. The summed E-state index contributed by atoms with van der Waals surface area (Å²) in [5.74, 6) is 0.0334. The van der Waals surface area contributed by atoms with Crippen molar-refractivity contribution in [3.8, 4) is 0 Å². The molecule has 4 heteroatoms.